The summed E-state index contributed by atoms with van der Waals surface area (Å²) in [5.74, 6) is -0.0658. The van der Waals surface area contributed by atoms with Gasteiger partial charge in [0.25, 0.3) is 5.91 Å². The highest BCUT2D eigenvalue weighted by Crippen LogP contribution is 2.23. The largest absolute Gasteiger partial charge is 0.481 e. The van der Waals surface area contributed by atoms with Crippen LogP contribution in [0.15, 0.2) is 24.3 Å². The van der Waals surface area contributed by atoms with E-state index in [4.69, 9.17) is 4.74 Å². The van der Waals surface area contributed by atoms with Gasteiger partial charge in [-0.1, -0.05) is 12.8 Å². The monoisotopic (exact) mass is 295 g/mol. The molecule has 116 valence electrons. The Bertz CT molecular complexity index is 477. The number of carbonyl (C=O) groups excluding carboxylic acids is 1. The number of benzene rings is 1. The van der Waals surface area contributed by atoms with Crippen molar-refractivity contribution < 1.29 is 19.0 Å². The van der Waals surface area contributed by atoms with E-state index in [2.05, 4.69) is 0 Å². The Kier molecular flexibility index (Phi) is 5.17. The number of amides is 1. The molecule has 1 aromatic carbocycles. The van der Waals surface area contributed by atoms with E-state index in [1.807, 2.05) is 0 Å². The number of hydrogen-bond donors (Lipinski definition) is 1. The van der Waals surface area contributed by atoms with Crippen LogP contribution in [0.3, 0.4) is 0 Å². The fraction of sp³-hybridized carbons (Fsp3) is 0.562. The van der Waals surface area contributed by atoms with Gasteiger partial charge in [0.2, 0.25) is 0 Å². The maximum atomic E-state index is 12.8. The predicted octanol–water partition coefficient (Wildman–Crippen LogP) is 2.35. The summed E-state index contributed by atoms with van der Waals surface area (Å²) in [5.41, 5.74) is 0. The number of ether oxygens (including phenoxy) is 1. The van der Waals surface area contributed by atoms with Gasteiger partial charge in [0.1, 0.15) is 11.6 Å². The Morgan fingerprint density at radius 3 is 2.57 bits per heavy atom. The lowest BCUT2D eigenvalue weighted by atomic mass is 9.91. The number of halogens is 1. The highest BCUT2D eigenvalue weighted by atomic mass is 19.1. The average molecular weight is 295 g/mol. The molecule has 0 radical (unpaired) electrons. The Morgan fingerprint density at radius 2 is 1.95 bits per heavy atom. The average Bonchev–Trinajstić information content (AvgIpc) is 2.48. The Balaban J connectivity index is 1.96. The van der Waals surface area contributed by atoms with Crippen LogP contribution in [0.25, 0.3) is 0 Å². The lowest BCUT2D eigenvalue weighted by molar-refractivity contribution is -0.142. The normalized spacial score (nSPS) is 23.4. The van der Waals surface area contributed by atoms with Crippen LogP contribution in [0.5, 0.6) is 5.75 Å². The molecule has 2 rings (SSSR count). The number of rotatable bonds is 4. The number of carbonyl (C=O) groups is 1. The Hall–Kier alpha value is -1.62. The number of likely N-dealkylation sites (N-methyl/N-ethyl adjacent to an activating group) is 1. The fourth-order valence-corrected chi connectivity index (χ4v) is 2.76. The van der Waals surface area contributed by atoms with E-state index in [0.717, 1.165) is 25.7 Å². The maximum Gasteiger partial charge on any atom is 0.263 e. The molecule has 3 atom stereocenters. The molecule has 1 amide bonds. The molecule has 1 aliphatic carbocycles. The molecule has 0 heterocycles. The van der Waals surface area contributed by atoms with Gasteiger partial charge in [0, 0.05) is 7.05 Å². The molecule has 0 aromatic heterocycles. The van der Waals surface area contributed by atoms with Gasteiger partial charge in [-0.05, 0) is 44.0 Å². The number of hydrogen-bond acceptors (Lipinski definition) is 3. The van der Waals surface area contributed by atoms with E-state index >= 15 is 0 Å². The lowest BCUT2D eigenvalue weighted by Gasteiger charge is -2.36. The zero-order valence-corrected chi connectivity index (χ0v) is 12.5. The van der Waals surface area contributed by atoms with Crippen molar-refractivity contribution >= 4 is 5.91 Å². The summed E-state index contributed by atoms with van der Waals surface area (Å²) in [7, 11) is 1.70. The van der Waals surface area contributed by atoms with E-state index in [0.29, 0.717) is 5.75 Å². The molecule has 5 heteroatoms. The maximum absolute atomic E-state index is 12.8. The second-order valence-corrected chi connectivity index (χ2v) is 5.58. The van der Waals surface area contributed by atoms with Crippen LogP contribution in [0, 0.1) is 5.82 Å². The van der Waals surface area contributed by atoms with Crippen LogP contribution >= 0.6 is 0 Å². The number of nitrogens with zero attached hydrogens (tertiary/aromatic N) is 1. The van der Waals surface area contributed by atoms with Crippen LogP contribution in [0.1, 0.15) is 32.6 Å². The standard InChI is InChI=1S/C16H22FNO3/c1-11(21-13-9-7-12(17)8-10-13)16(20)18(2)14-5-3-4-6-15(14)19/h7-11,14-15,19H,3-6H2,1-2H3/t11-,14-,15-/m0/s1. The van der Waals surface area contributed by atoms with Crippen molar-refractivity contribution in [3.63, 3.8) is 0 Å². The van der Waals surface area contributed by atoms with Crippen LogP contribution in [0.4, 0.5) is 4.39 Å². The van der Waals surface area contributed by atoms with Gasteiger partial charge >= 0.3 is 0 Å². The van der Waals surface area contributed by atoms with Crippen molar-refractivity contribution in [3.8, 4) is 5.75 Å². The number of aliphatic hydroxyl groups excluding tert-OH is 1. The van der Waals surface area contributed by atoms with Gasteiger partial charge in [0.15, 0.2) is 6.10 Å². The van der Waals surface area contributed by atoms with E-state index < -0.39 is 12.2 Å². The summed E-state index contributed by atoms with van der Waals surface area (Å²) in [6, 6.07) is 5.43. The smallest absolute Gasteiger partial charge is 0.263 e. The van der Waals surface area contributed by atoms with Crippen molar-refractivity contribution in [2.75, 3.05) is 7.05 Å². The summed E-state index contributed by atoms with van der Waals surface area (Å²) >= 11 is 0. The minimum atomic E-state index is -0.672. The fourth-order valence-electron chi connectivity index (χ4n) is 2.76. The topological polar surface area (TPSA) is 49.8 Å². The summed E-state index contributed by atoms with van der Waals surface area (Å²) < 4.78 is 18.4. The zero-order valence-electron chi connectivity index (χ0n) is 12.5. The molecular weight excluding hydrogens is 273 g/mol. The van der Waals surface area contributed by atoms with Gasteiger partial charge in [-0.25, -0.2) is 4.39 Å². The highest BCUT2D eigenvalue weighted by Gasteiger charge is 2.31. The minimum Gasteiger partial charge on any atom is -0.481 e. The molecule has 1 fully saturated rings. The first-order valence-corrected chi connectivity index (χ1v) is 7.36. The molecule has 0 saturated heterocycles. The van der Waals surface area contributed by atoms with Crippen LogP contribution < -0.4 is 4.74 Å². The molecule has 21 heavy (non-hydrogen) atoms. The van der Waals surface area contributed by atoms with Crippen molar-refractivity contribution in [3.05, 3.63) is 30.1 Å². The third-order valence-corrected chi connectivity index (χ3v) is 4.01. The molecule has 1 saturated carbocycles. The molecular formula is C16H22FNO3. The summed E-state index contributed by atoms with van der Waals surface area (Å²) in [6.07, 6.45) is 2.43. The van der Waals surface area contributed by atoms with Crippen molar-refractivity contribution in [2.24, 2.45) is 0 Å². The van der Waals surface area contributed by atoms with Crippen molar-refractivity contribution in [2.45, 2.75) is 50.9 Å². The quantitative estimate of drug-likeness (QED) is 0.927. The second-order valence-electron chi connectivity index (χ2n) is 5.58. The van der Waals surface area contributed by atoms with Crippen molar-refractivity contribution in [1.82, 2.24) is 4.90 Å². The molecule has 1 N–H and O–H groups in total. The Morgan fingerprint density at radius 1 is 1.33 bits per heavy atom. The summed E-state index contributed by atoms with van der Waals surface area (Å²) in [6.45, 7) is 1.66. The molecule has 4 nitrogen and oxygen atoms in total. The molecule has 0 aliphatic heterocycles. The second kappa shape index (κ2) is 6.89. The van der Waals surface area contributed by atoms with Crippen LogP contribution in [-0.4, -0.2) is 41.2 Å². The lowest BCUT2D eigenvalue weighted by Crippen LogP contribution is -2.50. The van der Waals surface area contributed by atoms with Gasteiger partial charge in [0.05, 0.1) is 12.1 Å². The SMILES string of the molecule is C[C@H](Oc1ccc(F)cc1)C(=O)N(C)[C@H]1CCCC[C@@H]1O. The third-order valence-electron chi connectivity index (χ3n) is 4.01. The third kappa shape index (κ3) is 3.94. The van der Waals surface area contributed by atoms with Gasteiger partial charge < -0.3 is 14.7 Å². The molecule has 0 unspecified atom stereocenters. The van der Waals surface area contributed by atoms with Crippen LogP contribution in [-0.2, 0) is 4.79 Å². The first kappa shape index (κ1) is 15.8. The van der Waals surface area contributed by atoms with E-state index in [-0.39, 0.29) is 17.8 Å². The molecule has 0 bridgehead atoms. The van der Waals surface area contributed by atoms with Gasteiger partial charge in [-0.15, -0.1) is 0 Å². The molecule has 0 spiro atoms. The van der Waals surface area contributed by atoms with Crippen molar-refractivity contribution in [1.29, 1.82) is 0 Å². The molecule has 1 aliphatic rings. The van der Waals surface area contributed by atoms with E-state index in [1.54, 1.807) is 18.9 Å². The van der Waals surface area contributed by atoms with Gasteiger partial charge in [-0.2, -0.15) is 0 Å². The minimum absolute atomic E-state index is 0.148. The van der Waals surface area contributed by atoms with E-state index in [9.17, 15) is 14.3 Å². The highest BCUT2D eigenvalue weighted by molar-refractivity contribution is 5.81. The predicted molar refractivity (Wildman–Crippen MR) is 77.5 cm³/mol. The first-order chi connectivity index (χ1) is 9.99. The first-order valence-electron chi connectivity index (χ1n) is 7.36. The molecule has 1 aromatic rings. The summed E-state index contributed by atoms with van der Waals surface area (Å²) in [4.78, 5) is 14.0. The zero-order chi connectivity index (χ0) is 15.4. The van der Waals surface area contributed by atoms with Gasteiger partial charge in [-0.3, -0.25) is 4.79 Å². The number of aliphatic hydroxyl groups is 1. The Labute approximate surface area is 124 Å². The van der Waals surface area contributed by atoms with Crippen LogP contribution in [0.2, 0.25) is 0 Å². The summed E-state index contributed by atoms with van der Waals surface area (Å²) in [5, 5.41) is 10.0. The van der Waals surface area contributed by atoms with E-state index in [1.165, 1.54) is 24.3 Å².